The maximum atomic E-state index is 11.0. The van der Waals surface area contributed by atoms with Crippen molar-refractivity contribution >= 4 is 11.9 Å². The van der Waals surface area contributed by atoms with Gasteiger partial charge in [-0.05, 0) is 20.8 Å². The summed E-state index contributed by atoms with van der Waals surface area (Å²) in [6, 6.07) is 0. The van der Waals surface area contributed by atoms with Crippen molar-refractivity contribution in [3.05, 3.63) is 24.3 Å². The van der Waals surface area contributed by atoms with Gasteiger partial charge in [0.15, 0.2) is 0 Å². The molecule has 1 unspecified atom stereocenters. The van der Waals surface area contributed by atoms with E-state index in [0.29, 0.717) is 0 Å². The summed E-state index contributed by atoms with van der Waals surface area (Å²) in [6.07, 6.45) is 5.34. The van der Waals surface area contributed by atoms with E-state index >= 15 is 0 Å². The standard InChI is InChI=1S/C11H16O4/c1-4-6-10(12)14-8-9(3)15-11(13)7-5-2/h4-7,9H,8H2,1-3H3/b6-4+,7-5+. The van der Waals surface area contributed by atoms with Crippen LogP contribution in [0.2, 0.25) is 0 Å². The second kappa shape index (κ2) is 7.79. The van der Waals surface area contributed by atoms with E-state index in [0.717, 1.165) is 0 Å². The van der Waals surface area contributed by atoms with E-state index in [9.17, 15) is 9.59 Å². The summed E-state index contributed by atoms with van der Waals surface area (Å²) < 4.78 is 9.69. The number of carbonyl (C=O) groups is 2. The molecule has 0 rings (SSSR count). The number of ether oxygens (including phenoxy) is 2. The minimum atomic E-state index is -0.442. The van der Waals surface area contributed by atoms with E-state index in [1.807, 2.05) is 0 Å². The third-order valence-corrected chi connectivity index (χ3v) is 1.38. The maximum absolute atomic E-state index is 11.0. The van der Waals surface area contributed by atoms with Crippen LogP contribution < -0.4 is 0 Å². The lowest BCUT2D eigenvalue weighted by atomic mass is 10.4. The summed E-state index contributed by atoms with van der Waals surface area (Å²) in [5.74, 6) is -0.876. The molecule has 0 saturated heterocycles. The van der Waals surface area contributed by atoms with Crippen LogP contribution in [0.5, 0.6) is 0 Å². The summed E-state index contributed by atoms with van der Waals surface area (Å²) in [6.45, 7) is 5.16. The minimum Gasteiger partial charge on any atom is -0.459 e. The van der Waals surface area contributed by atoms with Gasteiger partial charge in [-0.1, -0.05) is 12.2 Å². The highest BCUT2D eigenvalue weighted by molar-refractivity contribution is 5.82. The van der Waals surface area contributed by atoms with Gasteiger partial charge in [-0.15, -0.1) is 0 Å². The van der Waals surface area contributed by atoms with Gasteiger partial charge in [0.05, 0.1) is 0 Å². The zero-order valence-electron chi connectivity index (χ0n) is 9.23. The van der Waals surface area contributed by atoms with Gasteiger partial charge in [0.2, 0.25) is 0 Å². The second-order valence-corrected chi connectivity index (χ2v) is 2.88. The van der Waals surface area contributed by atoms with Crippen molar-refractivity contribution in [2.24, 2.45) is 0 Å². The maximum Gasteiger partial charge on any atom is 0.330 e. The lowest BCUT2D eigenvalue weighted by Crippen LogP contribution is -2.20. The molecule has 0 fully saturated rings. The number of hydrogen-bond acceptors (Lipinski definition) is 4. The molecular formula is C11H16O4. The Hall–Kier alpha value is -1.58. The molecule has 0 saturated carbocycles. The molecule has 0 amide bonds. The molecule has 84 valence electrons. The summed E-state index contributed by atoms with van der Waals surface area (Å²) in [5, 5.41) is 0. The number of allylic oxidation sites excluding steroid dienone is 2. The first-order valence-electron chi connectivity index (χ1n) is 4.73. The van der Waals surface area contributed by atoms with E-state index in [4.69, 9.17) is 9.47 Å². The van der Waals surface area contributed by atoms with Crippen LogP contribution in [0, 0.1) is 0 Å². The van der Waals surface area contributed by atoms with Gasteiger partial charge in [-0.2, -0.15) is 0 Å². The number of hydrogen-bond donors (Lipinski definition) is 0. The molecule has 0 aromatic heterocycles. The van der Waals surface area contributed by atoms with Crippen LogP contribution in [0.4, 0.5) is 0 Å². The Labute approximate surface area is 89.6 Å². The molecule has 1 atom stereocenters. The number of esters is 2. The lowest BCUT2D eigenvalue weighted by Gasteiger charge is -2.11. The zero-order chi connectivity index (χ0) is 11.7. The van der Waals surface area contributed by atoms with E-state index in [-0.39, 0.29) is 6.61 Å². The largest absolute Gasteiger partial charge is 0.459 e. The Morgan fingerprint density at radius 3 is 2.20 bits per heavy atom. The van der Waals surface area contributed by atoms with Crippen molar-refractivity contribution in [2.75, 3.05) is 6.61 Å². The van der Waals surface area contributed by atoms with E-state index in [1.54, 1.807) is 32.9 Å². The minimum absolute atomic E-state index is 0.0620. The second-order valence-electron chi connectivity index (χ2n) is 2.88. The molecule has 4 heteroatoms. The van der Waals surface area contributed by atoms with Crippen molar-refractivity contribution in [3.8, 4) is 0 Å². The van der Waals surface area contributed by atoms with Crippen LogP contribution in [-0.4, -0.2) is 24.6 Å². The lowest BCUT2D eigenvalue weighted by molar-refractivity contribution is -0.151. The first kappa shape index (κ1) is 13.4. The Morgan fingerprint density at radius 1 is 1.13 bits per heavy atom. The predicted octanol–water partition coefficient (Wildman–Crippen LogP) is 1.61. The van der Waals surface area contributed by atoms with Crippen molar-refractivity contribution < 1.29 is 19.1 Å². The fourth-order valence-corrected chi connectivity index (χ4v) is 0.791. The molecule has 0 aliphatic heterocycles. The molecule has 0 aliphatic carbocycles. The number of rotatable bonds is 5. The summed E-state index contributed by atoms with van der Waals surface area (Å²) in [4.78, 5) is 21.9. The number of carbonyl (C=O) groups excluding carboxylic acids is 2. The fourth-order valence-electron chi connectivity index (χ4n) is 0.791. The zero-order valence-corrected chi connectivity index (χ0v) is 9.23. The molecule has 0 heterocycles. The monoisotopic (exact) mass is 212 g/mol. The van der Waals surface area contributed by atoms with Gasteiger partial charge in [-0.25, -0.2) is 9.59 Å². The Balaban J connectivity index is 3.79. The van der Waals surface area contributed by atoms with Gasteiger partial charge in [0, 0.05) is 12.2 Å². The fraction of sp³-hybridized carbons (Fsp3) is 0.455. The Kier molecular flexibility index (Phi) is 6.97. The van der Waals surface area contributed by atoms with E-state index < -0.39 is 18.0 Å². The molecule has 0 radical (unpaired) electrons. The van der Waals surface area contributed by atoms with Gasteiger partial charge in [0.25, 0.3) is 0 Å². The summed E-state index contributed by atoms with van der Waals surface area (Å²) >= 11 is 0. The highest BCUT2D eigenvalue weighted by Gasteiger charge is 2.08. The third kappa shape index (κ3) is 7.49. The molecule has 0 aromatic carbocycles. The van der Waals surface area contributed by atoms with Crippen molar-refractivity contribution in [3.63, 3.8) is 0 Å². The van der Waals surface area contributed by atoms with Gasteiger partial charge in [-0.3, -0.25) is 0 Å². The molecule has 0 aliphatic rings. The first-order chi connectivity index (χ1) is 7.10. The molecule has 0 bridgehead atoms. The van der Waals surface area contributed by atoms with Crippen LogP contribution in [0.1, 0.15) is 20.8 Å². The Bertz CT molecular complexity index is 266. The average molecular weight is 212 g/mol. The quantitative estimate of drug-likeness (QED) is 0.513. The SMILES string of the molecule is C/C=C/C(=O)OCC(C)OC(=O)/C=C/C. The third-order valence-electron chi connectivity index (χ3n) is 1.38. The van der Waals surface area contributed by atoms with Crippen LogP contribution in [0.3, 0.4) is 0 Å². The smallest absolute Gasteiger partial charge is 0.330 e. The van der Waals surface area contributed by atoms with Gasteiger partial charge >= 0.3 is 11.9 Å². The molecule has 0 spiro atoms. The summed E-state index contributed by atoms with van der Waals surface area (Å²) in [7, 11) is 0. The molecule has 0 N–H and O–H groups in total. The van der Waals surface area contributed by atoms with Crippen LogP contribution >= 0.6 is 0 Å². The van der Waals surface area contributed by atoms with Crippen LogP contribution in [0.15, 0.2) is 24.3 Å². The highest BCUT2D eigenvalue weighted by atomic mass is 16.6. The van der Waals surface area contributed by atoms with Gasteiger partial charge < -0.3 is 9.47 Å². The molecule has 15 heavy (non-hydrogen) atoms. The molecule has 0 aromatic rings. The normalized spacial score (nSPS) is 13.0. The Morgan fingerprint density at radius 2 is 1.67 bits per heavy atom. The summed E-state index contributed by atoms with van der Waals surface area (Å²) in [5.41, 5.74) is 0. The van der Waals surface area contributed by atoms with Crippen LogP contribution in [0.25, 0.3) is 0 Å². The molecule has 4 nitrogen and oxygen atoms in total. The van der Waals surface area contributed by atoms with Gasteiger partial charge in [0.1, 0.15) is 12.7 Å². The topological polar surface area (TPSA) is 52.6 Å². The van der Waals surface area contributed by atoms with Crippen LogP contribution in [-0.2, 0) is 19.1 Å². The van der Waals surface area contributed by atoms with E-state index in [1.165, 1.54) is 12.2 Å². The van der Waals surface area contributed by atoms with Crippen molar-refractivity contribution in [1.82, 2.24) is 0 Å². The highest BCUT2D eigenvalue weighted by Crippen LogP contribution is 1.95. The first-order valence-corrected chi connectivity index (χ1v) is 4.73. The van der Waals surface area contributed by atoms with Crippen molar-refractivity contribution in [1.29, 1.82) is 0 Å². The van der Waals surface area contributed by atoms with Crippen molar-refractivity contribution in [2.45, 2.75) is 26.9 Å². The predicted molar refractivity (Wildman–Crippen MR) is 56.1 cm³/mol. The average Bonchev–Trinajstić information content (AvgIpc) is 2.15. The van der Waals surface area contributed by atoms with E-state index in [2.05, 4.69) is 0 Å². The molecular weight excluding hydrogens is 196 g/mol.